The minimum Gasteiger partial charge on any atom is -0.349 e. The lowest BCUT2D eigenvalue weighted by Gasteiger charge is -2.31. The number of sulfonamides is 1. The van der Waals surface area contributed by atoms with Crippen LogP contribution in [0, 0.1) is 12.8 Å². The third-order valence-corrected chi connectivity index (χ3v) is 6.75. The van der Waals surface area contributed by atoms with Crippen LogP contribution < -0.4 is 5.32 Å². The molecule has 134 valence electrons. The highest BCUT2D eigenvalue weighted by molar-refractivity contribution is 7.89. The van der Waals surface area contributed by atoms with Crippen molar-refractivity contribution in [1.82, 2.24) is 9.62 Å². The lowest BCUT2D eigenvalue weighted by Crippen LogP contribution is -2.44. The molecule has 6 heteroatoms. The molecule has 1 heterocycles. The Bertz CT molecular complexity index is 665. The van der Waals surface area contributed by atoms with Gasteiger partial charge in [-0.25, -0.2) is 12.7 Å². The summed E-state index contributed by atoms with van der Waals surface area (Å²) in [5.74, 6) is 0.0553. The molecule has 1 aliphatic heterocycles. The molecule has 0 aromatic heterocycles. The smallest absolute Gasteiger partial charge is 0.223 e. The zero-order valence-electron chi connectivity index (χ0n) is 14.8. The van der Waals surface area contributed by atoms with Gasteiger partial charge in [0.2, 0.25) is 15.9 Å². The number of benzene rings is 1. The summed E-state index contributed by atoms with van der Waals surface area (Å²) in [6.45, 7) is 6.65. The molecule has 1 N–H and O–H groups in total. The zero-order valence-corrected chi connectivity index (χ0v) is 15.6. The Kier molecular flexibility index (Phi) is 6.40. The summed E-state index contributed by atoms with van der Waals surface area (Å²) in [7, 11) is -3.15. The second-order valence-electron chi connectivity index (χ2n) is 6.40. The number of hydrogen-bond donors (Lipinski definition) is 1. The number of carbonyl (C=O) groups excluding carboxylic acids is 1. The van der Waals surface area contributed by atoms with Crippen LogP contribution in [-0.2, 0) is 14.8 Å². The van der Waals surface area contributed by atoms with Crippen molar-refractivity contribution < 1.29 is 13.2 Å². The van der Waals surface area contributed by atoms with Crippen LogP contribution >= 0.6 is 0 Å². The highest BCUT2D eigenvalue weighted by Gasteiger charge is 2.31. The topological polar surface area (TPSA) is 66.5 Å². The summed E-state index contributed by atoms with van der Waals surface area (Å²) >= 11 is 0. The quantitative estimate of drug-likeness (QED) is 0.856. The summed E-state index contributed by atoms with van der Waals surface area (Å²) in [4.78, 5) is 12.6. The van der Waals surface area contributed by atoms with Gasteiger partial charge in [-0.15, -0.1) is 0 Å². The van der Waals surface area contributed by atoms with E-state index < -0.39 is 10.0 Å². The molecule has 0 unspecified atom stereocenters. The first-order valence-corrected chi connectivity index (χ1v) is 10.3. The van der Waals surface area contributed by atoms with Crippen molar-refractivity contribution in [2.24, 2.45) is 5.92 Å². The third kappa shape index (κ3) is 4.36. The lowest BCUT2D eigenvalue weighted by atomic mass is 9.94. The van der Waals surface area contributed by atoms with Crippen LogP contribution in [0.3, 0.4) is 0 Å². The Morgan fingerprint density at radius 3 is 2.42 bits per heavy atom. The van der Waals surface area contributed by atoms with Gasteiger partial charge in [-0.2, -0.15) is 0 Å². The molecule has 1 amide bonds. The molecule has 2 rings (SSSR count). The van der Waals surface area contributed by atoms with Crippen molar-refractivity contribution in [2.45, 2.75) is 46.1 Å². The Labute approximate surface area is 145 Å². The summed E-state index contributed by atoms with van der Waals surface area (Å²) in [6, 6.07) is 8.11. The first-order chi connectivity index (χ1) is 11.4. The summed E-state index contributed by atoms with van der Waals surface area (Å²) in [6.07, 6.45) is 2.02. The van der Waals surface area contributed by atoms with Crippen molar-refractivity contribution in [3.63, 3.8) is 0 Å². The molecule has 1 fully saturated rings. The monoisotopic (exact) mass is 352 g/mol. The SMILES string of the molecule is CC[C@H](NC(=O)C1CCN(S(=O)(=O)CC)CC1)c1ccccc1C. The van der Waals surface area contributed by atoms with Crippen molar-refractivity contribution in [3.05, 3.63) is 35.4 Å². The van der Waals surface area contributed by atoms with Gasteiger partial charge >= 0.3 is 0 Å². The van der Waals surface area contributed by atoms with Gasteiger partial charge in [-0.05, 0) is 44.2 Å². The van der Waals surface area contributed by atoms with Crippen molar-refractivity contribution in [1.29, 1.82) is 0 Å². The molecule has 0 radical (unpaired) electrons. The van der Waals surface area contributed by atoms with Gasteiger partial charge in [0, 0.05) is 19.0 Å². The number of amides is 1. The van der Waals surface area contributed by atoms with E-state index in [2.05, 4.69) is 31.3 Å². The van der Waals surface area contributed by atoms with Crippen LogP contribution in [0.15, 0.2) is 24.3 Å². The molecule has 0 bridgehead atoms. The van der Waals surface area contributed by atoms with E-state index in [9.17, 15) is 13.2 Å². The predicted octanol–water partition coefficient (Wildman–Crippen LogP) is 2.62. The van der Waals surface area contributed by atoms with E-state index in [4.69, 9.17) is 0 Å². The van der Waals surface area contributed by atoms with Crippen LogP contribution in [0.4, 0.5) is 0 Å². The fraction of sp³-hybridized carbons (Fsp3) is 0.611. The second-order valence-corrected chi connectivity index (χ2v) is 8.66. The number of nitrogens with one attached hydrogen (secondary N) is 1. The van der Waals surface area contributed by atoms with E-state index in [1.54, 1.807) is 6.92 Å². The largest absolute Gasteiger partial charge is 0.349 e. The molecule has 0 saturated carbocycles. The minimum atomic E-state index is -3.15. The number of carbonyl (C=O) groups is 1. The van der Waals surface area contributed by atoms with Crippen LogP contribution in [0.2, 0.25) is 0 Å². The average molecular weight is 353 g/mol. The van der Waals surface area contributed by atoms with Gasteiger partial charge in [0.1, 0.15) is 0 Å². The normalized spacial score (nSPS) is 18.3. The highest BCUT2D eigenvalue weighted by atomic mass is 32.2. The Balaban J connectivity index is 1.97. The molecule has 1 aliphatic rings. The highest BCUT2D eigenvalue weighted by Crippen LogP contribution is 2.24. The first kappa shape index (κ1) is 18.9. The summed E-state index contributed by atoms with van der Waals surface area (Å²) in [5, 5.41) is 3.15. The van der Waals surface area contributed by atoms with Gasteiger partial charge in [-0.1, -0.05) is 31.2 Å². The van der Waals surface area contributed by atoms with Crippen LogP contribution in [0.25, 0.3) is 0 Å². The molecular weight excluding hydrogens is 324 g/mol. The zero-order chi connectivity index (χ0) is 17.7. The number of hydrogen-bond acceptors (Lipinski definition) is 3. The van der Waals surface area contributed by atoms with Crippen molar-refractivity contribution in [3.8, 4) is 0 Å². The molecule has 0 aliphatic carbocycles. The van der Waals surface area contributed by atoms with Crippen molar-refractivity contribution in [2.75, 3.05) is 18.8 Å². The molecule has 1 aromatic rings. The summed E-state index contributed by atoms with van der Waals surface area (Å²) < 4.78 is 25.3. The summed E-state index contributed by atoms with van der Waals surface area (Å²) in [5.41, 5.74) is 2.33. The molecule has 1 atom stereocenters. The van der Waals surface area contributed by atoms with E-state index in [-0.39, 0.29) is 23.6 Å². The lowest BCUT2D eigenvalue weighted by molar-refractivity contribution is -0.126. The number of piperidine rings is 1. The fourth-order valence-electron chi connectivity index (χ4n) is 3.25. The van der Waals surface area contributed by atoms with Gasteiger partial charge in [0.25, 0.3) is 0 Å². The maximum atomic E-state index is 12.6. The number of aryl methyl sites for hydroxylation is 1. The average Bonchev–Trinajstić information content (AvgIpc) is 2.60. The van der Waals surface area contributed by atoms with E-state index in [1.807, 2.05) is 12.1 Å². The third-order valence-electron chi connectivity index (χ3n) is 4.87. The van der Waals surface area contributed by atoms with Crippen molar-refractivity contribution >= 4 is 15.9 Å². The van der Waals surface area contributed by atoms with Gasteiger partial charge < -0.3 is 5.32 Å². The maximum Gasteiger partial charge on any atom is 0.223 e. The van der Waals surface area contributed by atoms with E-state index in [0.717, 1.165) is 12.0 Å². The van der Waals surface area contributed by atoms with E-state index in [0.29, 0.717) is 25.9 Å². The fourth-order valence-corrected chi connectivity index (χ4v) is 4.38. The Morgan fingerprint density at radius 2 is 1.88 bits per heavy atom. The Morgan fingerprint density at radius 1 is 1.25 bits per heavy atom. The molecule has 1 saturated heterocycles. The van der Waals surface area contributed by atoms with Gasteiger partial charge in [-0.3, -0.25) is 4.79 Å². The molecule has 1 aromatic carbocycles. The standard InChI is InChI=1S/C18H28N2O3S/c1-4-17(16-9-7-6-8-14(16)3)19-18(21)15-10-12-20(13-11-15)24(22,23)5-2/h6-9,15,17H,4-5,10-13H2,1-3H3,(H,19,21)/t17-/m0/s1. The molecule has 0 spiro atoms. The van der Waals surface area contributed by atoms with Gasteiger partial charge in [0.05, 0.1) is 11.8 Å². The van der Waals surface area contributed by atoms with Crippen LogP contribution in [0.5, 0.6) is 0 Å². The molecule has 24 heavy (non-hydrogen) atoms. The van der Waals surface area contributed by atoms with E-state index in [1.165, 1.54) is 9.87 Å². The first-order valence-electron chi connectivity index (χ1n) is 8.72. The number of nitrogens with zero attached hydrogens (tertiary/aromatic N) is 1. The maximum absolute atomic E-state index is 12.6. The van der Waals surface area contributed by atoms with Gasteiger partial charge in [0.15, 0.2) is 0 Å². The van der Waals surface area contributed by atoms with Crippen LogP contribution in [0.1, 0.15) is 50.3 Å². The predicted molar refractivity (Wildman–Crippen MR) is 96.1 cm³/mol. The van der Waals surface area contributed by atoms with Crippen LogP contribution in [-0.4, -0.2) is 37.5 Å². The number of rotatable bonds is 6. The van der Waals surface area contributed by atoms with E-state index >= 15 is 0 Å². The second kappa shape index (κ2) is 8.12. The minimum absolute atomic E-state index is 0.0103. The molecule has 5 nitrogen and oxygen atoms in total. The molecular formula is C18H28N2O3S. The Hall–Kier alpha value is -1.40.